The van der Waals surface area contributed by atoms with E-state index in [1.54, 1.807) is 4.68 Å². The van der Waals surface area contributed by atoms with Gasteiger partial charge in [-0.15, -0.1) is 5.10 Å². The summed E-state index contributed by atoms with van der Waals surface area (Å²) < 4.78 is 1.63. The van der Waals surface area contributed by atoms with Crippen molar-refractivity contribution in [3.63, 3.8) is 0 Å². The summed E-state index contributed by atoms with van der Waals surface area (Å²) in [7, 11) is 0. The Kier molecular flexibility index (Phi) is 5.75. The van der Waals surface area contributed by atoms with Gasteiger partial charge in [-0.25, -0.2) is 4.68 Å². The van der Waals surface area contributed by atoms with Crippen LogP contribution in [0.3, 0.4) is 0 Å². The van der Waals surface area contributed by atoms with E-state index in [1.807, 2.05) is 11.1 Å². The van der Waals surface area contributed by atoms with Gasteiger partial charge < -0.3 is 10.6 Å². The molecule has 2 heterocycles. The number of rotatable bonds is 5. The molecule has 1 aliphatic rings. The lowest BCUT2D eigenvalue weighted by atomic mass is 10.0. The molecule has 7 heteroatoms. The summed E-state index contributed by atoms with van der Waals surface area (Å²) in [5.41, 5.74) is 6.90. The lowest BCUT2D eigenvalue weighted by Gasteiger charge is -2.42. The highest BCUT2D eigenvalue weighted by Crippen LogP contribution is 2.18. The molecule has 7 nitrogen and oxygen atoms in total. The standard InChI is InChI=1S/C16H30N6O/c1-5-6-13-12-22(19-18-13)14(11-17)15(23)20-7-9-21(10-8-20)16(2,3)4/h12,14H,5-11,17H2,1-4H3/t14-/m0/s1. The van der Waals surface area contributed by atoms with E-state index in [9.17, 15) is 4.79 Å². The number of hydrogen-bond acceptors (Lipinski definition) is 5. The summed E-state index contributed by atoms with van der Waals surface area (Å²) >= 11 is 0. The van der Waals surface area contributed by atoms with Gasteiger partial charge in [-0.05, 0) is 27.2 Å². The van der Waals surface area contributed by atoms with Crippen molar-refractivity contribution in [1.29, 1.82) is 0 Å². The third kappa shape index (κ3) is 4.29. The summed E-state index contributed by atoms with van der Waals surface area (Å²) in [5, 5.41) is 8.23. The van der Waals surface area contributed by atoms with Crippen LogP contribution in [-0.2, 0) is 11.2 Å². The van der Waals surface area contributed by atoms with Crippen molar-refractivity contribution in [2.45, 2.75) is 52.1 Å². The van der Waals surface area contributed by atoms with Crippen molar-refractivity contribution >= 4 is 5.91 Å². The first-order valence-electron chi connectivity index (χ1n) is 8.51. The van der Waals surface area contributed by atoms with Crippen LogP contribution in [-0.4, -0.2) is 69.0 Å². The predicted molar refractivity (Wildman–Crippen MR) is 90.0 cm³/mol. The molecule has 0 spiro atoms. The molecule has 23 heavy (non-hydrogen) atoms. The highest BCUT2D eigenvalue weighted by Gasteiger charge is 2.31. The van der Waals surface area contributed by atoms with Gasteiger partial charge in [-0.3, -0.25) is 9.69 Å². The van der Waals surface area contributed by atoms with Crippen LogP contribution in [0.4, 0.5) is 0 Å². The fourth-order valence-corrected chi connectivity index (χ4v) is 2.97. The molecule has 2 N–H and O–H groups in total. The van der Waals surface area contributed by atoms with Crippen LogP contribution >= 0.6 is 0 Å². The Labute approximate surface area is 138 Å². The van der Waals surface area contributed by atoms with E-state index >= 15 is 0 Å². The van der Waals surface area contributed by atoms with Crippen LogP contribution in [0.15, 0.2) is 6.20 Å². The van der Waals surface area contributed by atoms with E-state index in [1.165, 1.54) is 0 Å². The second kappa shape index (κ2) is 7.40. The molecule has 0 saturated carbocycles. The second-order valence-electron chi connectivity index (χ2n) is 7.17. The topological polar surface area (TPSA) is 80.3 Å². The summed E-state index contributed by atoms with van der Waals surface area (Å²) in [6.07, 6.45) is 3.73. The number of amides is 1. The molecule has 1 aromatic rings. The van der Waals surface area contributed by atoms with Crippen molar-refractivity contribution < 1.29 is 4.79 Å². The Morgan fingerprint density at radius 2 is 1.96 bits per heavy atom. The normalized spacial score (nSPS) is 18.2. The van der Waals surface area contributed by atoms with E-state index in [-0.39, 0.29) is 18.0 Å². The maximum atomic E-state index is 12.8. The Morgan fingerprint density at radius 3 is 2.48 bits per heavy atom. The minimum atomic E-state index is -0.450. The molecule has 0 aromatic carbocycles. The summed E-state index contributed by atoms with van der Waals surface area (Å²) in [6.45, 7) is 12.2. The van der Waals surface area contributed by atoms with Crippen LogP contribution in [0.5, 0.6) is 0 Å². The van der Waals surface area contributed by atoms with Crippen molar-refractivity contribution in [1.82, 2.24) is 24.8 Å². The number of aromatic nitrogens is 3. The van der Waals surface area contributed by atoms with E-state index in [0.29, 0.717) is 0 Å². The summed E-state index contributed by atoms with van der Waals surface area (Å²) in [6, 6.07) is -0.450. The number of nitrogens with two attached hydrogens (primary N) is 1. The second-order valence-corrected chi connectivity index (χ2v) is 7.17. The van der Waals surface area contributed by atoms with Gasteiger partial charge >= 0.3 is 0 Å². The highest BCUT2D eigenvalue weighted by atomic mass is 16.2. The lowest BCUT2D eigenvalue weighted by molar-refractivity contribution is -0.137. The van der Waals surface area contributed by atoms with Gasteiger partial charge in [0.2, 0.25) is 5.91 Å². The molecule has 0 bridgehead atoms. The molecule has 1 atom stereocenters. The monoisotopic (exact) mass is 322 g/mol. The Bertz CT molecular complexity index is 513. The maximum absolute atomic E-state index is 12.8. The fraction of sp³-hybridized carbons (Fsp3) is 0.812. The van der Waals surface area contributed by atoms with E-state index in [2.05, 4.69) is 42.9 Å². The lowest BCUT2D eigenvalue weighted by Crippen LogP contribution is -2.56. The first-order valence-corrected chi connectivity index (χ1v) is 8.51. The number of carbonyl (C=O) groups excluding carboxylic acids is 1. The molecule has 1 aliphatic heterocycles. The smallest absolute Gasteiger partial charge is 0.248 e. The van der Waals surface area contributed by atoms with Crippen LogP contribution in [0.25, 0.3) is 0 Å². The molecule has 2 rings (SSSR count). The largest absolute Gasteiger partial charge is 0.338 e. The van der Waals surface area contributed by atoms with E-state index < -0.39 is 6.04 Å². The number of piperazine rings is 1. The SMILES string of the molecule is CCCc1cn([C@@H](CN)C(=O)N2CCN(C(C)(C)C)CC2)nn1. The van der Waals surface area contributed by atoms with E-state index in [4.69, 9.17) is 5.73 Å². The first-order chi connectivity index (χ1) is 10.9. The maximum Gasteiger partial charge on any atom is 0.248 e. The van der Waals surface area contributed by atoms with Gasteiger partial charge in [-0.2, -0.15) is 0 Å². The third-order valence-electron chi connectivity index (χ3n) is 4.43. The molecule has 1 aromatic heterocycles. The molecule has 0 radical (unpaired) electrons. The van der Waals surface area contributed by atoms with Gasteiger partial charge in [0.1, 0.15) is 6.04 Å². The molecule has 0 unspecified atom stereocenters. The molecular formula is C16H30N6O. The van der Waals surface area contributed by atoms with Crippen molar-refractivity contribution in [3.05, 3.63) is 11.9 Å². The zero-order chi connectivity index (χ0) is 17.0. The number of aryl methyl sites for hydroxylation is 1. The minimum absolute atomic E-state index is 0.0500. The quantitative estimate of drug-likeness (QED) is 0.862. The molecule has 1 saturated heterocycles. The molecule has 0 aliphatic carbocycles. The average Bonchev–Trinajstić information content (AvgIpc) is 2.96. The average molecular weight is 322 g/mol. The molecule has 1 amide bonds. The van der Waals surface area contributed by atoms with Gasteiger partial charge in [0.05, 0.1) is 5.69 Å². The number of hydrogen-bond donors (Lipinski definition) is 1. The minimum Gasteiger partial charge on any atom is -0.338 e. The molecule has 130 valence electrons. The Morgan fingerprint density at radius 1 is 1.30 bits per heavy atom. The highest BCUT2D eigenvalue weighted by molar-refractivity contribution is 5.80. The van der Waals surface area contributed by atoms with Gasteiger partial charge in [0.15, 0.2) is 0 Å². The van der Waals surface area contributed by atoms with Crippen LogP contribution in [0.2, 0.25) is 0 Å². The summed E-state index contributed by atoms with van der Waals surface area (Å²) in [4.78, 5) is 17.1. The van der Waals surface area contributed by atoms with Crippen LogP contribution < -0.4 is 5.73 Å². The zero-order valence-electron chi connectivity index (χ0n) is 14.8. The van der Waals surface area contributed by atoms with Crippen LogP contribution in [0, 0.1) is 0 Å². The predicted octanol–water partition coefficient (Wildman–Crippen LogP) is 0.673. The molecule has 1 fully saturated rings. The van der Waals surface area contributed by atoms with Crippen LogP contribution in [0.1, 0.15) is 45.9 Å². The van der Waals surface area contributed by atoms with Gasteiger partial charge in [0.25, 0.3) is 0 Å². The fourth-order valence-electron chi connectivity index (χ4n) is 2.97. The Hall–Kier alpha value is -1.47. The third-order valence-corrected chi connectivity index (χ3v) is 4.43. The number of nitrogens with zero attached hydrogens (tertiary/aromatic N) is 5. The summed E-state index contributed by atoms with van der Waals surface area (Å²) in [5.74, 6) is 0.0500. The van der Waals surface area contributed by atoms with Gasteiger partial charge in [-0.1, -0.05) is 18.6 Å². The Balaban J connectivity index is 2.00. The van der Waals surface area contributed by atoms with Crippen molar-refractivity contribution in [3.8, 4) is 0 Å². The van der Waals surface area contributed by atoms with Crippen molar-refractivity contribution in [2.75, 3.05) is 32.7 Å². The molecular weight excluding hydrogens is 292 g/mol. The first kappa shape index (κ1) is 17.9. The van der Waals surface area contributed by atoms with Gasteiger partial charge in [0, 0.05) is 44.5 Å². The van der Waals surface area contributed by atoms with Crippen molar-refractivity contribution in [2.24, 2.45) is 5.73 Å². The number of carbonyl (C=O) groups is 1. The van der Waals surface area contributed by atoms with E-state index in [0.717, 1.165) is 44.7 Å². The zero-order valence-corrected chi connectivity index (χ0v) is 14.8.